The molecule has 0 bridgehead atoms. The summed E-state index contributed by atoms with van der Waals surface area (Å²) >= 11 is 0. The standard InChI is InChI=1S/C23H19FN4O2/c1-14(29)25-18-7-5-15(6-8-18)11-22(30)26-19-9-10-20-21(13-19)28-23(27-20)16-3-2-4-17(24)12-16/h2-10,12-13H,11H2,1H3,(H,25,29)(H,26,30)(H,27,28). The van der Waals surface area contributed by atoms with E-state index >= 15 is 0 Å². The van der Waals surface area contributed by atoms with E-state index in [2.05, 4.69) is 20.6 Å². The molecule has 0 fully saturated rings. The van der Waals surface area contributed by atoms with E-state index in [9.17, 15) is 14.0 Å². The molecule has 150 valence electrons. The van der Waals surface area contributed by atoms with Crippen molar-refractivity contribution in [1.82, 2.24) is 9.97 Å². The Morgan fingerprint density at radius 2 is 1.73 bits per heavy atom. The number of nitrogens with zero attached hydrogens (tertiary/aromatic N) is 1. The Kier molecular flexibility index (Phi) is 5.26. The molecular weight excluding hydrogens is 383 g/mol. The van der Waals surface area contributed by atoms with Crippen molar-refractivity contribution in [2.75, 3.05) is 10.6 Å². The van der Waals surface area contributed by atoms with Gasteiger partial charge in [-0.05, 0) is 48.0 Å². The molecule has 7 heteroatoms. The van der Waals surface area contributed by atoms with Crippen LogP contribution in [-0.2, 0) is 16.0 Å². The van der Waals surface area contributed by atoms with E-state index in [-0.39, 0.29) is 24.1 Å². The largest absolute Gasteiger partial charge is 0.338 e. The van der Waals surface area contributed by atoms with Crippen LogP contribution in [0.5, 0.6) is 0 Å². The van der Waals surface area contributed by atoms with Gasteiger partial charge in [-0.2, -0.15) is 0 Å². The monoisotopic (exact) mass is 402 g/mol. The second kappa shape index (κ2) is 8.16. The number of carbonyl (C=O) groups is 2. The van der Waals surface area contributed by atoms with Crippen LogP contribution in [0.1, 0.15) is 12.5 Å². The van der Waals surface area contributed by atoms with Gasteiger partial charge in [0.25, 0.3) is 0 Å². The van der Waals surface area contributed by atoms with E-state index in [1.165, 1.54) is 19.1 Å². The first-order valence-electron chi connectivity index (χ1n) is 9.38. The molecule has 2 amide bonds. The van der Waals surface area contributed by atoms with Crippen LogP contribution < -0.4 is 10.6 Å². The van der Waals surface area contributed by atoms with Gasteiger partial charge in [0, 0.05) is 23.9 Å². The molecule has 1 heterocycles. The molecule has 0 radical (unpaired) electrons. The Morgan fingerprint density at radius 1 is 0.967 bits per heavy atom. The summed E-state index contributed by atoms with van der Waals surface area (Å²) in [4.78, 5) is 31.1. The number of carbonyl (C=O) groups excluding carboxylic acids is 2. The summed E-state index contributed by atoms with van der Waals surface area (Å²) < 4.78 is 13.5. The molecule has 0 aliphatic carbocycles. The fraction of sp³-hybridized carbons (Fsp3) is 0.0870. The number of hydrogen-bond donors (Lipinski definition) is 3. The smallest absolute Gasteiger partial charge is 0.228 e. The Balaban J connectivity index is 1.45. The maximum Gasteiger partial charge on any atom is 0.228 e. The lowest BCUT2D eigenvalue weighted by molar-refractivity contribution is -0.116. The van der Waals surface area contributed by atoms with Crippen molar-refractivity contribution in [3.8, 4) is 11.4 Å². The zero-order chi connectivity index (χ0) is 21.1. The van der Waals surface area contributed by atoms with E-state index in [4.69, 9.17) is 0 Å². The highest BCUT2D eigenvalue weighted by atomic mass is 19.1. The molecule has 0 saturated carbocycles. The predicted octanol–water partition coefficient (Wildman–Crippen LogP) is 4.51. The average Bonchev–Trinajstić information content (AvgIpc) is 3.12. The second-order valence-corrected chi connectivity index (χ2v) is 6.93. The lowest BCUT2D eigenvalue weighted by Crippen LogP contribution is -2.14. The van der Waals surface area contributed by atoms with Gasteiger partial charge in [-0.3, -0.25) is 9.59 Å². The summed E-state index contributed by atoms with van der Waals surface area (Å²) in [6.07, 6.45) is 0.204. The van der Waals surface area contributed by atoms with Gasteiger partial charge in [0.05, 0.1) is 17.5 Å². The number of fused-ring (bicyclic) bond motifs is 1. The van der Waals surface area contributed by atoms with Gasteiger partial charge in [0.1, 0.15) is 11.6 Å². The summed E-state index contributed by atoms with van der Waals surface area (Å²) in [5.41, 5.74) is 4.27. The van der Waals surface area contributed by atoms with Gasteiger partial charge in [-0.25, -0.2) is 9.37 Å². The summed E-state index contributed by atoms with van der Waals surface area (Å²) in [6.45, 7) is 1.44. The minimum absolute atomic E-state index is 0.143. The predicted molar refractivity (Wildman–Crippen MR) is 115 cm³/mol. The van der Waals surface area contributed by atoms with E-state index in [1.54, 1.807) is 54.6 Å². The minimum Gasteiger partial charge on any atom is -0.338 e. The first-order chi connectivity index (χ1) is 14.5. The number of halogens is 1. The normalized spacial score (nSPS) is 10.7. The van der Waals surface area contributed by atoms with Crippen LogP contribution in [-0.4, -0.2) is 21.8 Å². The molecule has 3 aromatic carbocycles. The number of H-pyrrole nitrogens is 1. The van der Waals surface area contributed by atoms with Crippen molar-refractivity contribution in [2.45, 2.75) is 13.3 Å². The van der Waals surface area contributed by atoms with Crippen molar-refractivity contribution in [1.29, 1.82) is 0 Å². The summed E-state index contributed by atoms with van der Waals surface area (Å²) in [6, 6.07) is 18.7. The van der Waals surface area contributed by atoms with Gasteiger partial charge in [0.2, 0.25) is 11.8 Å². The van der Waals surface area contributed by atoms with Crippen molar-refractivity contribution in [3.05, 3.63) is 78.1 Å². The highest BCUT2D eigenvalue weighted by Crippen LogP contribution is 2.23. The first-order valence-corrected chi connectivity index (χ1v) is 9.38. The molecule has 0 aliphatic heterocycles. The van der Waals surface area contributed by atoms with Crippen LogP contribution in [0.4, 0.5) is 15.8 Å². The van der Waals surface area contributed by atoms with Crippen molar-refractivity contribution in [2.24, 2.45) is 0 Å². The fourth-order valence-corrected chi connectivity index (χ4v) is 3.16. The molecule has 0 unspecified atom stereocenters. The first kappa shape index (κ1) is 19.3. The average molecular weight is 402 g/mol. The third-order valence-corrected chi connectivity index (χ3v) is 4.50. The molecule has 6 nitrogen and oxygen atoms in total. The molecule has 1 aromatic heterocycles. The Hall–Kier alpha value is -4.00. The molecule has 4 aromatic rings. The van der Waals surface area contributed by atoms with Crippen LogP contribution in [0, 0.1) is 5.82 Å². The van der Waals surface area contributed by atoms with Gasteiger partial charge < -0.3 is 15.6 Å². The van der Waals surface area contributed by atoms with Crippen molar-refractivity contribution in [3.63, 3.8) is 0 Å². The van der Waals surface area contributed by atoms with Crippen LogP contribution >= 0.6 is 0 Å². The van der Waals surface area contributed by atoms with Crippen LogP contribution in [0.15, 0.2) is 66.7 Å². The van der Waals surface area contributed by atoms with Gasteiger partial charge >= 0.3 is 0 Å². The highest BCUT2D eigenvalue weighted by molar-refractivity contribution is 5.95. The maximum absolute atomic E-state index is 13.5. The zero-order valence-electron chi connectivity index (χ0n) is 16.2. The molecule has 30 heavy (non-hydrogen) atoms. The molecule has 0 aliphatic rings. The lowest BCUT2D eigenvalue weighted by atomic mass is 10.1. The molecule has 0 spiro atoms. The molecule has 3 N–H and O–H groups in total. The fourth-order valence-electron chi connectivity index (χ4n) is 3.16. The number of anilines is 2. The molecular formula is C23H19FN4O2. The molecule has 0 atom stereocenters. The van der Waals surface area contributed by atoms with Gasteiger partial charge in [0.15, 0.2) is 0 Å². The topological polar surface area (TPSA) is 86.9 Å². The Labute approximate surface area is 172 Å². The number of hydrogen-bond acceptors (Lipinski definition) is 3. The third-order valence-electron chi connectivity index (χ3n) is 4.50. The summed E-state index contributed by atoms with van der Waals surface area (Å²) in [5.74, 6) is -0.0694. The minimum atomic E-state index is -0.328. The number of nitrogens with one attached hydrogen (secondary N) is 3. The van der Waals surface area contributed by atoms with Crippen LogP contribution in [0.25, 0.3) is 22.4 Å². The van der Waals surface area contributed by atoms with Crippen molar-refractivity contribution < 1.29 is 14.0 Å². The summed E-state index contributed by atoms with van der Waals surface area (Å²) in [5, 5.41) is 5.56. The highest BCUT2D eigenvalue weighted by Gasteiger charge is 2.09. The van der Waals surface area contributed by atoms with Gasteiger partial charge in [-0.15, -0.1) is 0 Å². The number of aromatic nitrogens is 2. The summed E-state index contributed by atoms with van der Waals surface area (Å²) in [7, 11) is 0. The SMILES string of the molecule is CC(=O)Nc1ccc(CC(=O)Nc2ccc3nc(-c4cccc(F)c4)[nH]c3c2)cc1. The second-order valence-electron chi connectivity index (χ2n) is 6.93. The lowest BCUT2D eigenvalue weighted by Gasteiger charge is -2.07. The molecule has 4 rings (SSSR count). The number of amides is 2. The van der Waals surface area contributed by atoms with E-state index in [0.717, 1.165) is 16.6 Å². The van der Waals surface area contributed by atoms with Crippen LogP contribution in [0.2, 0.25) is 0 Å². The maximum atomic E-state index is 13.5. The number of rotatable bonds is 5. The van der Waals surface area contributed by atoms with Crippen molar-refractivity contribution >= 4 is 34.2 Å². The number of benzene rings is 3. The van der Waals surface area contributed by atoms with Crippen LogP contribution in [0.3, 0.4) is 0 Å². The Bertz CT molecular complexity index is 1230. The quantitative estimate of drug-likeness (QED) is 0.459. The van der Waals surface area contributed by atoms with E-state index < -0.39 is 0 Å². The number of imidazole rings is 1. The van der Waals surface area contributed by atoms with Gasteiger partial charge in [-0.1, -0.05) is 24.3 Å². The molecule has 0 saturated heterocycles. The Morgan fingerprint density at radius 3 is 2.47 bits per heavy atom. The number of aromatic amines is 1. The van der Waals surface area contributed by atoms with E-state index in [1.807, 2.05) is 0 Å². The zero-order valence-corrected chi connectivity index (χ0v) is 16.2. The van der Waals surface area contributed by atoms with E-state index in [0.29, 0.717) is 22.8 Å². The third kappa shape index (κ3) is 4.52.